The predicted molar refractivity (Wildman–Crippen MR) is 81.6 cm³/mol. The molecule has 0 aliphatic carbocycles. The molecule has 1 aromatic carbocycles. The highest BCUT2D eigenvalue weighted by atomic mass is 35.5. The van der Waals surface area contributed by atoms with Crippen molar-refractivity contribution >= 4 is 23.4 Å². The van der Waals surface area contributed by atoms with Gasteiger partial charge in [0, 0.05) is 0 Å². The van der Waals surface area contributed by atoms with Gasteiger partial charge in [-0.05, 0) is 31.2 Å². The molecule has 0 amide bonds. The van der Waals surface area contributed by atoms with Crippen LogP contribution in [0.3, 0.4) is 0 Å². The second-order valence-electron chi connectivity index (χ2n) is 5.43. The van der Waals surface area contributed by atoms with Gasteiger partial charge in [0.1, 0.15) is 10.8 Å². The van der Waals surface area contributed by atoms with Crippen molar-refractivity contribution < 1.29 is 22.7 Å². The van der Waals surface area contributed by atoms with Crippen molar-refractivity contribution in [1.29, 1.82) is 0 Å². The minimum Gasteiger partial charge on any atom is -0.464 e. The molecule has 0 saturated carbocycles. The number of carbonyl (C=O) groups excluding carboxylic acids is 1. The summed E-state index contributed by atoms with van der Waals surface area (Å²) in [7, 11) is 1.16. The van der Waals surface area contributed by atoms with Gasteiger partial charge in [0.05, 0.1) is 25.4 Å². The monoisotopic (exact) mass is 359 g/mol. The van der Waals surface area contributed by atoms with Crippen LogP contribution in [0.1, 0.15) is 17.4 Å². The first-order valence-corrected chi connectivity index (χ1v) is 7.41. The lowest BCUT2D eigenvalue weighted by molar-refractivity contribution is -0.0645. The summed E-state index contributed by atoms with van der Waals surface area (Å²) in [4.78, 5) is 13.2. The molecule has 0 bridgehead atoms. The Morgan fingerprint density at radius 2 is 2.00 bits per heavy atom. The highest BCUT2D eigenvalue weighted by molar-refractivity contribution is 6.35. The third-order valence-corrected chi connectivity index (χ3v) is 4.33. The Kier molecular flexibility index (Phi) is 3.95. The van der Waals surface area contributed by atoms with Crippen LogP contribution in [0.4, 0.5) is 19.0 Å². The predicted octanol–water partition coefficient (Wildman–Crippen LogP) is 3.30. The van der Waals surface area contributed by atoms with Gasteiger partial charge in [0.15, 0.2) is 11.5 Å². The summed E-state index contributed by atoms with van der Waals surface area (Å²) in [6.07, 6.45) is 0. The smallest absolute Gasteiger partial charge is 0.360 e. The molecule has 24 heavy (non-hydrogen) atoms. The maximum Gasteiger partial charge on any atom is 0.360 e. The van der Waals surface area contributed by atoms with Crippen LogP contribution in [0.15, 0.2) is 24.3 Å². The summed E-state index contributed by atoms with van der Waals surface area (Å²) in [5, 5.41) is 3.98. The van der Waals surface area contributed by atoms with E-state index < -0.39 is 30.3 Å². The zero-order chi connectivity index (χ0) is 17.6. The van der Waals surface area contributed by atoms with Crippen LogP contribution in [0.5, 0.6) is 0 Å². The minimum atomic E-state index is -2.87. The first kappa shape index (κ1) is 16.6. The van der Waals surface area contributed by atoms with E-state index in [9.17, 15) is 18.0 Å². The van der Waals surface area contributed by atoms with Gasteiger partial charge in [-0.3, -0.25) is 0 Å². The molecule has 2 heterocycles. The van der Waals surface area contributed by atoms with Crippen molar-refractivity contribution in [3.05, 3.63) is 40.8 Å². The summed E-state index contributed by atoms with van der Waals surface area (Å²) in [6, 6.07) is 4.09. The van der Waals surface area contributed by atoms with Gasteiger partial charge in [-0.15, -0.1) is 0 Å². The van der Waals surface area contributed by atoms with Gasteiger partial charge in [0.25, 0.3) is 5.92 Å². The van der Waals surface area contributed by atoms with Crippen LogP contribution in [-0.4, -0.2) is 41.4 Å². The van der Waals surface area contributed by atoms with Crippen molar-refractivity contribution in [2.75, 3.05) is 18.6 Å². The number of rotatable bonds is 3. The second-order valence-corrected chi connectivity index (χ2v) is 5.81. The third kappa shape index (κ3) is 2.50. The van der Waals surface area contributed by atoms with Crippen LogP contribution < -0.4 is 4.90 Å². The van der Waals surface area contributed by atoms with Crippen molar-refractivity contribution in [2.45, 2.75) is 18.9 Å². The highest BCUT2D eigenvalue weighted by Gasteiger charge is 2.54. The van der Waals surface area contributed by atoms with Crippen molar-refractivity contribution in [1.82, 2.24) is 9.78 Å². The van der Waals surface area contributed by atoms with E-state index in [2.05, 4.69) is 9.84 Å². The van der Waals surface area contributed by atoms with Crippen LogP contribution in [0.2, 0.25) is 5.02 Å². The quantitative estimate of drug-likeness (QED) is 0.789. The van der Waals surface area contributed by atoms with Crippen LogP contribution in [0.25, 0.3) is 5.69 Å². The van der Waals surface area contributed by atoms with Crippen molar-refractivity contribution in [2.24, 2.45) is 0 Å². The van der Waals surface area contributed by atoms with Gasteiger partial charge in [-0.25, -0.2) is 22.6 Å². The van der Waals surface area contributed by atoms with E-state index in [1.54, 1.807) is 0 Å². The lowest BCUT2D eigenvalue weighted by atomic mass is 10.0. The molecule has 0 unspecified atom stereocenters. The zero-order valence-electron chi connectivity index (χ0n) is 12.8. The lowest BCUT2D eigenvalue weighted by Gasteiger charge is -2.47. The number of aromatic nitrogens is 2. The number of esters is 1. The number of alkyl halides is 2. The maximum atomic E-state index is 13.6. The van der Waals surface area contributed by atoms with E-state index in [4.69, 9.17) is 11.6 Å². The molecule has 0 spiro atoms. The average Bonchev–Trinajstić information content (AvgIpc) is 2.89. The number of nitrogens with zero attached hydrogens (tertiary/aromatic N) is 3. The van der Waals surface area contributed by atoms with E-state index in [0.29, 0.717) is 5.69 Å². The molecular formula is C15H13ClF3N3O2. The Morgan fingerprint density at radius 3 is 2.50 bits per heavy atom. The summed E-state index contributed by atoms with van der Waals surface area (Å²) in [5.41, 5.74) is 0.187. The highest BCUT2D eigenvalue weighted by Crippen LogP contribution is 2.43. The SMILES string of the molecule is COC(=O)c1nn(-c2ccc(F)cc2)c(N2CC(F)(F)[C@H]2C)c1Cl. The van der Waals surface area contributed by atoms with Gasteiger partial charge in [-0.1, -0.05) is 11.6 Å². The number of methoxy groups -OCH3 is 1. The van der Waals surface area contributed by atoms with E-state index in [1.807, 2.05) is 0 Å². The minimum absolute atomic E-state index is 0.0893. The number of benzene rings is 1. The fraction of sp³-hybridized carbons (Fsp3) is 0.333. The molecular weight excluding hydrogens is 347 g/mol. The van der Waals surface area contributed by atoms with Crippen molar-refractivity contribution in [3.63, 3.8) is 0 Å². The van der Waals surface area contributed by atoms with Gasteiger partial charge < -0.3 is 9.64 Å². The number of anilines is 1. The topological polar surface area (TPSA) is 47.4 Å². The van der Waals surface area contributed by atoms with E-state index in [1.165, 1.54) is 40.8 Å². The normalized spacial score (nSPS) is 19.1. The molecule has 1 aliphatic heterocycles. The second kappa shape index (κ2) is 5.70. The number of ether oxygens (including phenoxy) is 1. The first-order valence-electron chi connectivity index (χ1n) is 7.03. The standard InChI is InChI=1S/C15H13ClF3N3O2/c1-8-15(18,19)7-21(8)13-11(16)12(14(23)24-2)20-22(13)10-5-3-9(17)4-6-10/h3-6,8H,7H2,1-2H3/t8-/m1/s1. The van der Waals surface area contributed by atoms with E-state index in [-0.39, 0.29) is 16.5 Å². The number of hydrogen-bond donors (Lipinski definition) is 0. The molecule has 3 rings (SSSR count). The van der Waals surface area contributed by atoms with Gasteiger partial charge in [0.2, 0.25) is 0 Å². The Hall–Kier alpha value is -2.22. The van der Waals surface area contributed by atoms with Crippen LogP contribution in [-0.2, 0) is 4.74 Å². The Labute approximate surface area is 140 Å². The van der Waals surface area contributed by atoms with Crippen LogP contribution in [0, 0.1) is 5.82 Å². The fourth-order valence-corrected chi connectivity index (χ4v) is 2.80. The Balaban J connectivity index is 2.13. The summed E-state index contributed by atoms with van der Waals surface area (Å²) in [6.45, 7) is 0.793. The number of halogens is 4. The summed E-state index contributed by atoms with van der Waals surface area (Å²) >= 11 is 6.21. The maximum absolute atomic E-state index is 13.6. The molecule has 1 fully saturated rings. The molecule has 128 valence electrons. The Morgan fingerprint density at radius 1 is 1.38 bits per heavy atom. The molecule has 1 saturated heterocycles. The molecule has 5 nitrogen and oxygen atoms in total. The molecule has 2 aromatic rings. The zero-order valence-corrected chi connectivity index (χ0v) is 13.5. The summed E-state index contributed by atoms with van der Waals surface area (Å²) < 4.78 is 46.1. The third-order valence-electron chi connectivity index (χ3n) is 3.99. The molecule has 1 aliphatic rings. The van der Waals surface area contributed by atoms with Crippen LogP contribution >= 0.6 is 11.6 Å². The number of carbonyl (C=O) groups is 1. The summed E-state index contributed by atoms with van der Waals surface area (Å²) in [5.74, 6) is -3.98. The van der Waals surface area contributed by atoms with Crippen molar-refractivity contribution in [3.8, 4) is 5.69 Å². The average molecular weight is 360 g/mol. The Bertz CT molecular complexity index is 792. The molecule has 0 N–H and O–H groups in total. The van der Waals surface area contributed by atoms with E-state index in [0.717, 1.165) is 7.11 Å². The van der Waals surface area contributed by atoms with Gasteiger partial charge >= 0.3 is 5.97 Å². The lowest BCUT2D eigenvalue weighted by Crippen LogP contribution is -2.64. The molecule has 1 aromatic heterocycles. The first-order chi connectivity index (χ1) is 11.3. The molecule has 0 radical (unpaired) electrons. The molecule has 9 heteroatoms. The van der Waals surface area contributed by atoms with E-state index >= 15 is 0 Å². The molecule has 1 atom stereocenters. The number of hydrogen-bond acceptors (Lipinski definition) is 4. The fourth-order valence-electron chi connectivity index (χ4n) is 2.50. The van der Waals surface area contributed by atoms with Gasteiger partial charge in [-0.2, -0.15) is 5.10 Å². The largest absolute Gasteiger partial charge is 0.464 e.